The van der Waals surface area contributed by atoms with Crippen LogP contribution in [0, 0.1) is 11.8 Å². The van der Waals surface area contributed by atoms with Gasteiger partial charge in [0.1, 0.15) is 10.4 Å². The van der Waals surface area contributed by atoms with Crippen LogP contribution in [-0.4, -0.2) is 108 Å². The highest BCUT2D eigenvalue weighted by Crippen LogP contribution is 2.54. The van der Waals surface area contributed by atoms with Gasteiger partial charge < -0.3 is 39.2 Å². The molecule has 0 radical (unpaired) electrons. The number of hydrogen-bond donors (Lipinski definition) is 2. The van der Waals surface area contributed by atoms with Crippen molar-refractivity contribution in [2.45, 2.75) is 56.4 Å². The molecule has 2 saturated heterocycles. The molecule has 0 aliphatic carbocycles. The zero-order valence-corrected chi connectivity index (χ0v) is 27.0. The van der Waals surface area contributed by atoms with Gasteiger partial charge >= 0.3 is 23.9 Å². The molecule has 5 atom stereocenters. The Labute approximate surface area is 270 Å². The number of thioether (sulfide) groups is 1. The fourth-order valence-corrected chi connectivity index (χ4v) is 7.39. The third-order valence-electron chi connectivity index (χ3n) is 8.14. The predicted octanol–water partition coefficient (Wildman–Crippen LogP) is 1.18. The summed E-state index contributed by atoms with van der Waals surface area (Å²) >= 11 is 0.990. The molecule has 250 valence electrons. The number of β-lactam (4-membered cyclic amide) rings is 1. The van der Waals surface area contributed by atoms with E-state index in [-0.39, 0.29) is 55.5 Å². The minimum atomic E-state index is -1.46. The molecule has 3 aliphatic heterocycles. The molecule has 0 saturated carbocycles. The summed E-state index contributed by atoms with van der Waals surface area (Å²) in [6.45, 7) is 1.96. The summed E-state index contributed by atoms with van der Waals surface area (Å²) in [5, 5.41) is 12.7. The number of amides is 2. The third-order valence-corrected chi connectivity index (χ3v) is 9.79. The number of hydrogen-bond acceptors (Lipinski definition) is 13. The van der Waals surface area contributed by atoms with Gasteiger partial charge in [0, 0.05) is 44.5 Å². The van der Waals surface area contributed by atoms with Crippen LogP contribution in [0.3, 0.4) is 0 Å². The average Bonchev–Trinajstić information content (AvgIpc) is 3.58. The van der Waals surface area contributed by atoms with Crippen LogP contribution in [0.1, 0.15) is 49.9 Å². The van der Waals surface area contributed by atoms with Crippen molar-refractivity contribution in [3.8, 4) is 0 Å². The van der Waals surface area contributed by atoms with Crippen molar-refractivity contribution < 1.29 is 52.8 Å². The number of likely N-dealkylation sites (N-methyl/N-ethyl adjacent to an activating group) is 1. The van der Waals surface area contributed by atoms with Gasteiger partial charge in [-0.1, -0.05) is 32.0 Å². The second kappa shape index (κ2) is 15.1. The summed E-state index contributed by atoms with van der Waals surface area (Å²) in [5.41, 5.74) is 0.145. The molecular formula is C31H39N3O11S. The highest BCUT2D eigenvalue weighted by atomic mass is 32.2. The molecule has 3 aliphatic rings. The first kappa shape index (κ1) is 34.9. The van der Waals surface area contributed by atoms with Crippen molar-refractivity contribution in [2.75, 3.05) is 40.8 Å². The molecule has 3 heterocycles. The number of nitrogens with zero attached hydrogens (tertiary/aromatic N) is 2. The summed E-state index contributed by atoms with van der Waals surface area (Å²) in [4.78, 5) is 80.6. The molecule has 0 bridgehead atoms. The standard InChI is InChI=1S/C31H39N3O11S/c1-5-9-22(36)42-16-45-30(41)31(14-21(32-15-31)27(38)33(3)4)46-25-18(2)23-20(12-13-35)26(37)34(23)24(25)29(40)44-17-43-28(39)19-10-7-6-8-11-19/h6-8,10-11,18,20-21,23,32,35H,5,9,12-17H2,1-4H3/t18-,20+,21+,23-,31+/m1/s1. The fraction of sp³-hybridized carbons (Fsp3) is 0.548. The number of carbonyl (C=O) groups is 6. The van der Waals surface area contributed by atoms with Crippen LogP contribution in [-0.2, 0) is 42.9 Å². The van der Waals surface area contributed by atoms with Crippen molar-refractivity contribution in [3.63, 3.8) is 0 Å². The zero-order chi connectivity index (χ0) is 33.6. The molecule has 2 amide bonds. The minimum absolute atomic E-state index is 0.0255. The lowest BCUT2D eigenvalue weighted by Gasteiger charge is -2.45. The van der Waals surface area contributed by atoms with E-state index in [0.29, 0.717) is 11.3 Å². The van der Waals surface area contributed by atoms with Crippen LogP contribution in [0.4, 0.5) is 0 Å². The molecular weight excluding hydrogens is 622 g/mol. The van der Waals surface area contributed by atoms with Crippen LogP contribution in [0.5, 0.6) is 0 Å². The molecule has 0 aromatic heterocycles. The van der Waals surface area contributed by atoms with E-state index >= 15 is 0 Å². The fourth-order valence-electron chi connectivity index (χ4n) is 5.82. The number of ether oxygens (including phenoxy) is 4. The Morgan fingerprint density at radius 1 is 1.04 bits per heavy atom. The van der Waals surface area contributed by atoms with E-state index in [1.807, 2.05) is 0 Å². The number of esters is 4. The number of aliphatic hydroxyl groups excluding tert-OH is 1. The van der Waals surface area contributed by atoms with Gasteiger partial charge in [-0.25, -0.2) is 9.59 Å². The molecule has 14 nitrogen and oxygen atoms in total. The zero-order valence-electron chi connectivity index (χ0n) is 26.2. The highest BCUT2D eigenvalue weighted by molar-refractivity contribution is 8.05. The maximum absolute atomic E-state index is 13.7. The lowest BCUT2D eigenvalue weighted by Crippen LogP contribution is -2.60. The number of benzene rings is 1. The summed E-state index contributed by atoms with van der Waals surface area (Å²) in [5.74, 6) is -4.68. The van der Waals surface area contributed by atoms with E-state index in [2.05, 4.69) is 5.32 Å². The maximum Gasteiger partial charge on any atom is 0.358 e. The van der Waals surface area contributed by atoms with Gasteiger partial charge in [-0.2, -0.15) is 0 Å². The van der Waals surface area contributed by atoms with Gasteiger partial charge in [-0.05, 0) is 31.4 Å². The molecule has 0 spiro atoms. The summed E-state index contributed by atoms with van der Waals surface area (Å²) in [7, 11) is 3.17. The number of nitrogens with one attached hydrogen (secondary N) is 1. The summed E-state index contributed by atoms with van der Waals surface area (Å²) in [6, 6.07) is 6.86. The van der Waals surface area contributed by atoms with Gasteiger partial charge in [0.25, 0.3) is 0 Å². The van der Waals surface area contributed by atoms with E-state index in [1.54, 1.807) is 46.1 Å². The Hall–Kier alpha value is -3.95. The first-order chi connectivity index (χ1) is 22.0. The molecule has 0 unspecified atom stereocenters. The molecule has 15 heteroatoms. The number of aliphatic hydroxyl groups is 1. The quantitative estimate of drug-likeness (QED) is 0.165. The van der Waals surface area contributed by atoms with Crippen molar-refractivity contribution in [1.82, 2.24) is 15.1 Å². The Morgan fingerprint density at radius 2 is 1.72 bits per heavy atom. The monoisotopic (exact) mass is 661 g/mol. The van der Waals surface area contributed by atoms with E-state index < -0.39 is 66.1 Å². The van der Waals surface area contributed by atoms with Gasteiger partial charge in [0.05, 0.1) is 23.6 Å². The normalized spacial score (nSPS) is 25.0. The van der Waals surface area contributed by atoms with Crippen molar-refractivity contribution in [1.29, 1.82) is 0 Å². The minimum Gasteiger partial charge on any atom is -0.428 e. The molecule has 46 heavy (non-hydrogen) atoms. The predicted molar refractivity (Wildman–Crippen MR) is 162 cm³/mol. The highest BCUT2D eigenvalue weighted by Gasteiger charge is 2.61. The third kappa shape index (κ3) is 7.21. The largest absolute Gasteiger partial charge is 0.428 e. The van der Waals surface area contributed by atoms with E-state index in [0.717, 1.165) is 11.8 Å². The van der Waals surface area contributed by atoms with E-state index in [4.69, 9.17) is 18.9 Å². The first-order valence-corrected chi connectivity index (χ1v) is 15.8. The number of fused-ring (bicyclic) bond motifs is 1. The van der Waals surface area contributed by atoms with Crippen LogP contribution < -0.4 is 5.32 Å². The molecule has 4 rings (SSSR count). The Bertz CT molecular complexity index is 1380. The summed E-state index contributed by atoms with van der Waals surface area (Å²) < 4.78 is 19.4. The second-order valence-electron chi connectivity index (χ2n) is 11.4. The van der Waals surface area contributed by atoms with Crippen molar-refractivity contribution in [2.24, 2.45) is 11.8 Å². The van der Waals surface area contributed by atoms with E-state index in [1.165, 1.54) is 21.9 Å². The van der Waals surface area contributed by atoms with Gasteiger partial charge in [0.2, 0.25) is 25.4 Å². The molecule has 1 aromatic rings. The van der Waals surface area contributed by atoms with Crippen molar-refractivity contribution >= 4 is 47.5 Å². The van der Waals surface area contributed by atoms with Crippen molar-refractivity contribution in [3.05, 3.63) is 46.5 Å². The molecule has 2 N–H and O–H groups in total. The van der Waals surface area contributed by atoms with Crippen LogP contribution in [0.15, 0.2) is 40.9 Å². The second-order valence-corrected chi connectivity index (χ2v) is 12.9. The van der Waals surface area contributed by atoms with Crippen LogP contribution in [0.25, 0.3) is 0 Å². The molecule has 1 aromatic carbocycles. The Morgan fingerprint density at radius 3 is 2.37 bits per heavy atom. The van der Waals surface area contributed by atoms with Gasteiger partial charge in [-0.15, -0.1) is 11.8 Å². The topological polar surface area (TPSA) is 178 Å². The Kier molecular flexibility index (Phi) is 11.5. The summed E-state index contributed by atoms with van der Waals surface area (Å²) in [6.07, 6.45) is 0.850. The number of rotatable bonds is 14. The van der Waals surface area contributed by atoms with Crippen LogP contribution in [0.2, 0.25) is 0 Å². The first-order valence-electron chi connectivity index (χ1n) is 15.0. The lowest BCUT2D eigenvalue weighted by molar-refractivity contribution is -0.168. The Balaban J connectivity index is 1.61. The number of carbonyl (C=O) groups excluding carboxylic acids is 6. The van der Waals surface area contributed by atoms with Gasteiger partial charge in [0.15, 0.2) is 0 Å². The smallest absolute Gasteiger partial charge is 0.358 e. The van der Waals surface area contributed by atoms with Crippen LogP contribution >= 0.6 is 11.8 Å². The van der Waals surface area contributed by atoms with E-state index in [9.17, 15) is 33.9 Å². The lowest BCUT2D eigenvalue weighted by atomic mass is 9.80. The molecule has 2 fully saturated rings. The maximum atomic E-state index is 13.7. The average molecular weight is 662 g/mol. The SMILES string of the molecule is CCCC(=O)OCOC(=O)[C@@]1(SC2=C(C(=O)OCOC(=O)c3ccccc3)N3C(=O)[C@@H](CCO)[C@H]3[C@H]2C)CN[C@H](C(=O)N(C)C)C1. The van der Waals surface area contributed by atoms with Gasteiger partial charge in [-0.3, -0.25) is 19.2 Å².